The third-order valence-corrected chi connectivity index (χ3v) is 3.02. The van der Waals surface area contributed by atoms with Gasteiger partial charge in [-0.1, -0.05) is 0 Å². The number of benzene rings is 1. The number of aryl methyl sites for hydroxylation is 2. The predicted octanol–water partition coefficient (Wildman–Crippen LogP) is 3.72. The normalized spacial score (nSPS) is 10.4. The first-order valence-electron chi connectivity index (χ1n) is 6.63. The smallest absolute Gasteiger partial charge is 0.139 e. The van der Waals surface area contributed by atoms with Gasteiger partial charge in [0.15, 0.2) is 0 Å². The van der Waals surface area contributed by atoms with Gasteiger partial charge >= 0.3 is 0 Å². The number of rotatable bonds is 4. The van der Waals surface area contributed by atoms with Gasteiger partial charge in [0.1, 0.15) is 23.3 Å². The van der Waals surface area contributed by atoms with E-state index in [9.17, 15) is 4.39 Å². The zero-order valence-electron chi connectivity index (χ0n) is 12.2. The van der Waals surface area contributed by atoms with Crippen molar-refractivity contribution in [2.45, 2.75) is 27.7 Å². The van der Waals surface area contributed by atoms with Gasteiger partial charge in [-0.05, 0) is 51.5 Å². The van der Waals surface area contributed by atoms with Gasteiger partial charge in [0.2, 0.25) is 0 Å². The molecule has 0 amide bonds. The number of hydrogen-bond donors (Lipinski definition) is 2. The standard InChI is InChI=1S/C15H19FN4/c1-5-17-14-10(3)15(19-11(4)18-14)20-12-6-7-13(16)9(2)8-12/h6-8H,5H2,1-4H3,(H2,17,18,19,20). The average Bonchev–Trinajstić information content (AvgIpc) is 2.39. The van der Waals surface area contributed by atoms with Crippen LogP contribution in [-0.2, 0) is 0 Å². The van der Waals surface area contributed by atoms with Gasteiger partial charge in [0.25, 0.3) is 0 Å². The third-order valence-electron chi connectivity index (χ3n) is 3.02. The minimum Gasteiger partial charge on any atom is -0.370 e. The molecule has 2 rings (SSSR count). The zero-order valence-corrected chi connectivity index (χ0v) is 12.2. The molecule has 0 fully saturated rings. The fraction of sp³-hybridized carbons (Fsp3) is 0.333. The summed E-state index contributed by atoms with van der Waals surface area (Å²) in [5, 5.41) is 6.43. The lowest BCUT2D eigenvalue weighted by Gasteiger charge is -2.14. The second-order valence-electron chi connectivity index (χ2n) is 4.71. The molecule has 0 atom stereocenters. The Balaban J connectivity index is 2.35. The molecular formula is C15H19FN4. The molecule has 0 saturated carbocycles. The summed E-state index contributed by atoms with van der Waals surface area (Å²) in [4.78, 5) is 8.78. The highest BCUT2D eigenvalue weighted by Gasteiger charge is 2.09. The number of anilines is 3. The van der Waals surface area contributed by atoms with Crippen LogP contribution in [0.25, 0.3) is 0 Å². The molecule has 20 heavy (non-hydrogen) atoms. The monoisotopic (exact) mass is 274 g/mol. The van der Waals surface area contributed by atoms with Gasteiger partial charge in [0.05, 0.1) is 0 Å². The SMILES string of the molecule is CCNc1nc(C)nc(Nc2ccc(F)c(C)c2)c1C. The summed E-state index contributed by atoms with van der Waals surface area (Å²) in [6.07, 6.45) is 0. The highest BCUT2D eigenvalue weighted by Crippen LogP contribution is 2.24. The van der Waals surface area contributed by atoms with Gasteiger partial charge in [-0.3, -0.25) is 0 Å². The van der Waals surface area contributed by atoms with Crippen LogP contribution in [0.4, 0.5) is 21.7 Å². The maximum atomic E-state index is 13.3. The Hall–Kier alpha value is -2.17. The molecule has 0 bridgehead atoms. The zero-order chi connectivity index (χ0) is 14.7. The minimum atomic E-state index is -0.209. The number of nitrogens with zero attached hydrogens (tertiary/aromatic N) is 2. The fourth-order valence-corrected chi connectivity index (χ4v) is 1.95. The summed E-state index contributed by atoms with van der Waals surface area (Å²) in [7, 11) is 0. The molecule has 1 aromatic carbocycles. The van der Waals surface area contributed by atoms with Crippen molar-refractivity contribution >= 4 is 17.3 Å². The molecule has 0 aliphatic carbocycles. The molecule has 0 spiro atoms. The lowest BCUT2D eigenvalue weighted by atomic mass is 10.2. The highest BCUT2D eigenvalue weighted by atomic mass is 19.1. The van der Waals surface area contributed by atoms with Crippen molar-refractivity contribution in [1.29, 1.82) is 0 Å². The summed E-state index contributed by atoms with van der Waals surface area (Å²) in [6.45, 7) is 8.36. The van der Waals surface area contributed by atoms with E-state index < -0.39 is 0 Å². The van der Waals surface area contributed by atoms with Crippen molar-refractivity contribution in [2.75, 3.05) is 17.2 Å². The van der Waals surface area contributed by atoms with E-state index in [4.69, 9.17) is 0 Å². The van der Waals surface area contributed by atoms with Crippen molar-refractivity contribution in [3.8, 4) is 0 Å². The van der Waals surface area contributed by atoms with Crippen LogP contribution in [0.5, 0.6) is 0 Å². The topological polar surface area (TPSA) is 49.8 Å². The second-order valence-corrected chi connectivity index (χ2v) is 4.71. The summed E-state index contributed by atoms with van der Waals surface area (Å²) < 4.78 is 13.3. The van der Waals surface area contributed by atoms with E-state index in [0.29, 0.717) is 11.4 Å². The van der Waals surface area contributed by atoms with Crippen LogP contribution in [0.1, 0.15) is 23.9 Å². The first-order chi connectivity index (χ1) is 9.51. The maximum absolute atomic E-state index is 13.3. The van der Waals surface area contributed by atoms with Crippen LogP contribution in [-0.4, -0.2) is 16.5 Å². The molecule has 0 aliphatic heterocycles. The van der Waals surface area contributed by atoms with E-state index in [1.54, 1.807) is 19.1 Å². The van der Waals surface area contributed by atoms with E-state index in [-0.39, 0.29) is 5.82 Å². The molecule has 2 aromatic rings. The average molecular weight is 274 g/mol. The Morgan fingerprint density at radius 1 is 1.10 bits per heavy atom. The molecule has 106 valence electrons. The minimum absolute atomic E-state index is 0.209. The summed E-state index contributed by atoms with van der Waals surface area (Å²) in [6, 6.07) is 4.91. The Morgan fingerprint density at radius 3 is 2.45 bits per heavy atom. The highest BCUT2D eigenvalue weighted by molar-refractivity contribution is 5.65. The van der Waals surface area contributed by atoms with Crippen LogP contribution < -0.4 is 10.6 Å². The Bertz CT molecular complexity index is 626. The van der Waals surface area contributed by atoms with Gasteiger partial charge in [-0.2, -0.15) is 0 Å². The van der Waals surface area contributed by atoms with Gasteiger partial charge < -0.3 is 10.6 Å². The number of hydrogen-bond acceptors (Lipinski definition) is 4. The molecule has 0 radical (unpaired) electrons. The molecule has 5 heteroatoms. The first kappa shape index (κ1) is 14.2. The van der Waals surface area contributed by atoms with Crippen LogP contribution in [0.3, 0.4) is 0 Å². The van der Waals surface area contributed by atoms with Crippen molar-refractivity contribution in [2.24, 2.45) is 0 Å². The van der Waals surface area contributed by atoms with E-state index in [1.165, 1.54) is 6.07 Å². The predicted molar refractivity (Wildman–Crippen MR) is 80.1 cm³/mol. The molecule has 0 aliphatic rings. The van der Waals surface area contributed by atoms with Crippen molar-refractivity contribution in [3.63, 3.8) is 0 Å². The fourth-order valence-electron chi connectivity index (χ4n) is 1.95. The maximum Gasteiger partial charge on any atom is 0.139 e. The molecule has 0 saturated heterocycles. The first-order valence-corrected chi connectivity index (χ1v) is 6.63. The van der Waals surface area contributed by atoms with Crippen molar-refractivity contribution < 1.29 is 4.39 Å². The van der Waals surface area contributed by atoms with E-state index in [0.717, 1.165) is 29.4 Å². The van der Waals surface area contributed by atoms with E-state index >= 15 is 0 Å². The van der Waals surface area contributed by atoms with Crippen molar-refractivity contribution in [1.82, 2.24) is 9.97 Å². The summed E-state index contributed by atoms with van der Waals surface area (Å²) in [5.41, 5.74) is 2.36. The molecule has 4 nitrogen and oxygen atoms in total. The Kier molecular flexibility index (Phi) is 4.17. The largest absolute Gasteiger partial charge is 0.370 e. The van der Waals surface area contributed by atoms with Gasteiger partial charge in [-0.15, -0.1) is 0 Å². The number of aromatic nitrogens is 2. The van der Waals surface area contributed by atoms with Gasteiger partial charge in [0, 0.05) is 17.8 Å². The number of halogens is 1. The van der Waals surface area contributed by atoms with E-state index in [2.05, 4.69) is 20.6 Å². The summed E-state index contributed by atoms with van der Waals surface area (Å²) >= 11 is 0. The van der Waals surface area contributed by atoms with Crippen LogP contribution in [0.2, 0.25) is 0 Å². The molecular weight excluding hydrogens is 255 g/mol. The number of nitrogens with one attached hydrogen (secondary N) is 2. The quantitative estimate of drug-likeness (QED) is 0.892. The Labute approximate surface area is 118 Å². The van der Waals surface area contributed by atoms with Crippen molar-refractivity contribution in [3.05, 3.63) is 41.0 Å². The van der Waals surface area contributed by atoms with Crippen LogP contribution >= 0.6 is 0 Å². The Morgan fingerprint density at radius 2 is 1.80 bits per heavy atom. The molecule has 2 N–H and O–H groups in total. The van der Waals surface area contributed by atoms with Gasteiger partial charge in [-0.25, -0.2) is 14.4 Å². The molecule has 1 aromatic heterocycles. The molecule has 0 unspecified atom stereocenters. The summed E-state index contributed by atoms with van der Waals surface area (Å²) in [5.74, 6) is 2.04. The van der Waals surface area contributed by atoms with Crippen LogP contribution in [0, 0.1) is 26.6 Å². The van der Waals surface area contributed by atoms with E-state index in [1.807, 2.05) is 20.8 Å². The second kappa shape index (κ2) is 5.86. The molecule has 1 heterocycles. The lowest BCUT2D eigenvalue weighted by Crippen LogP contribution is -2.07. The lowest BCUT2D eigenvalue weighted by molar-refractivity contribution is 0.619. The third kappa shape index (κ3) is 3.04. The van der Waals surface area contributed by atoms with Crippen LogP contribution in [0.15, 0.2) is 18.2 Å².